The van der Waals surface area contributed by atoms with Crippen molar-refractivity contribution in [3.05, 3.63) is 40.3 Å². The molecule has 2 aromatic rings. The van der Waals surface area contributed by atoms with E-state index in [1.54, 1.807) is 12.1 Å². The molecule has 1 amide bonds. The number of nitrogens with two attached hydrogens (primary N) is 1. The molecule has 0 aliphatic rings. The monoisotopic (exact) mass is 325 g/mol. The fourth-order valence-electron chi connectivity index (χ4n) is 1.29. The summed E-state index contributed by atoms with van der Waals surface area (Å²) in [5, 5.41) is 9.00. The lowest BCUT2D eigenvalue weighted by Crippen LogP contribution is -2.18. The van der Waals surface area contributed by atoms with E-state index < -0.39 is 0 Å². The number of aromatic nitrogens is 3. The Morgan fingerprint density at radius 3 is 3.00 bits per heavy atom. The molecular weight excluding hydrogens is 318 g/mol. The minimum absolute atomic E-state index is 0.152. The highest BCUT2D eigenvalue weighted by atomic mass is 79.9. The third-order valence-corrected chi connectivity index (χ3v) is 2.98. The van der Waals surface area contributed by atoms with E-state index in [-0.39, 0.29) is 16.6 Å². The van der Waals surface area contributed by atoms with Gasteiger partial charge in [-0.05, 0) is 28.1 Å². The standard InChI is InChI=1S/C10H8BrN5OS/c11-6-2-1-3-13-7(6)10(17)15-9-5(8(12)18)4-14-16-9/h1-4H,(H2,12,18)(H2,14,15,16,17). The first-order valence-corrected chi connectivity index (χ1v) is 6.04. The third kappa shape index (κ3) is 2.54. The van der Waals surface area contributed by atoms with Crippen LogP contribution in [0.2, 0.25) is 0 Å². The lowest BCUT2D eigenvalue weighted by atomic mass is 10.3. The molecule has 0 aliphatic heterocycles. The first kappa shape index (κ1) is 12.7. The van der Waals surface area contributed by atoms with Gasteiger partial charge in [-0.2, -0.15) is 5.10 Å². The Balaban J connectivity index is 2.25. The Morgan fingerprint density at radius 2 is 2.33 bits per heavy atom. The smallest absolute Gasteiger partial charge is 0.276 e. The summed E-state index contributed by atoms with van der Waals surface area (Å²) >= 11 is 8.09. The van der Waals surface area contributed by atoms with Crippen LogP contribution in [0.15, 0.2) is 29.0 Å². The number of anilines is 1. The van der Waals surface area contributed by atoms with Crippen molar-refractivity contribution in [2.45, 2.75) is 0 Å². The van der Waals surface area contributed by atoms with Crippen LogP contribution >= 0.6 is 28.1 Å². The summed E-state index contributed by atoms with van der Waals surface area (Å²) in [4.78, 5) is 16.1. The van der Waals surface area contributed by atoms with Gasteiger partial charge in [0.1, 0.15) is 16.5 Å². The summed E-state index contributed by atoms with van der Waals surface area (Å²) in [6.45, 7) is 0. The number of carbonyl (C=O) groups is 1. The van der Waals surface area contributed by atoms with E-state index in [0.717, 1.165) is 0 Å². The maximum atomic E-state index is 12.0. The van der Waals surface area contributed by atoms with Gasteiger partial charge in [0.25, 0.3) is 5.91 Å². The van der Waals surface area contributed by atoms with Crippen LogP contribution in [-0.4, -0.2) is 26.1 Å². The summed E-state index contributed by atoms with van der Waals surface area (Å²) in [7, 11) is 0. The van der Waals surface area contributed by atoms with Crippen LogP contribution in [-0.2, 0) is 0 Å². The first-order chi connectivity index (χ1) is 8.59. The summed E-state index contributed by atoms with van der Waals surface area (Å²) < 4.78 is 0.596. The average Bonchev–Trinajstić information content (AvgIpc) is 2.77. The number of rotatable bonds is 3. The molecule has 0 aliphatic carbocycles. The van der Waals surface area contributed by atoms with E-state index in [1.165, 1.54) is 12.4 Å². The lowest BCUT2D eigenvalue weighted by Gasteiger charge is -2.05. The molecule has 0 saturated heterocycles. The van der Waals surface area contributed by atoms with Crippen LogP contribution in [0.3, 0.4) is 0 Å². The number of aromatic amines is 1. The van der Waals surface area contributed by atoms with Gasteiger partial charge in [0, 0.05) is 10.7 Å². The molecule has 0 fully saturated rings. The zero-order valence-electron chi connectivity index (χ0n) is 8.98. The summed E-state index contributed by atoms with van der Waals surface area (Å²) in [5.41, 5.74) is 6.24. The van der Waals surface area contributed by atoms with E-state index in [0.29, 0.717) is 15.9 Å². The highest BCUT2D eigenvalue weighted by Crippen LogP contribution is 2.16. The Hall–Kier alpha value is -1.80. The van der Waals surface area contributed by atoms with E-state index in [4.69, 9.17) is 18.0 Å². The maximum absolute atomic E-state index is 12.0. The van der Waals surface area contributed by atoms with Crippen molar-refractivity contribution in [2.24, 2.45) is 5.73 Å². The van der Waals surface area contributed by atoms with Gasteiger partial charge in [-0.25, -0.2) is 4.98 Å². The second-order valence-electron chi connectivity index (χ2n) is 3.31. The van der Waals surface area contributed by atoms with E-state index in [1.807, 2.05) is 0 Å². The van der Waals surface area contributed by atoms with Crippen molar-refractivity contribution < 1.29 is 4.79 Å². The molecule has 18 heavy (non-hydrogen) atoms. The van der Waals surface area contributed by atoms with Crippen molar-refractivity contribution in [1.29, 1.82) is 0 Å². The van der Waals surface area contributed by atoms with Crippen molar-refractivity contribution in [2.75, 3.05) is 5.32 Å². The number of halogens is 1. The topological polar surface area (TPSA) is 96.7 Å². The van der Waals surface area contributed by atoms with Gasteiger partial charge in [0.15, 0.2) is 0 Å². The molecule has 0 atom stereocenters. The highest BCUT2D eigenvalue weighted by molar-refractivity contribution is 9.10. The third-order valence-electron chi connectivity index (χ3n) is 2.12. The molecular formula is C10H8BrN5OS. The first-order valence-electron chi connectivity index (χ1n) is 4.84. The second-order valence-corrected chi connectivity index (χ2v) is 4.61. The molecule has 0 unspecified atom stereocenters. The quantitative estimate of drug-likeness (QED) is 0.742. The zero-order valence-corrected chi connectivity index (χ0v) is 11.4. The predicted octanol–water partition coefficient (Wildman–Crippen LogP) is 1.45. The van der Waals surface area contributed by atoms with Crippen molar-refractivity contribution in [1.82, 2.24) is 15.2 Å². The normalized spacial score (nSPS) is 10.1. The molecule has 0 bridgehead atoms. The van der Waals surface area contributed by atoms with Gasteiger partial charge in [0.05, 0.1) is 11.8 Å². The Bertz CT molecular complexity index is 612. The summed E-state index contributed by atoms with van der Waals surface area (Å²) in [6, 6.07) is 3.45. The molecule has 2 rings (SSSR count). The number of carbonyl (C=O) groups excluding carboxylic acids is 1. The molecule has 8 heteroatoms. The van der Waals surface area contributed by atoms with E-state index >= 15 is 0 Å². The van der Waals surface area contributed by atoms with Crippen molar-refractivity contribution in [3.8, 4) is 0 Å². The van der Waals surface area contributed by atoms with Gasteiger partial charge in [0.2, 0.25) is 0 Å². The van der Waals surface area contributed by atoms with Gasteiger partial charge >= 0.3 is 0 Å². The van der Waals surface area contributed by atoms with Gasteiger partial charge in [-0.3, -0.25) is 9.89 Å². The number of nitrogens with one attached hydrogen (secondary N) is 2. The minimum atomic E-state index is -0.385. The second kappa shape index (κ2) is 5.23. The fourth-order valence-corrected chi connectivity index (χ4v) is 1.88. The van der Waals surface area contributed by atoms with Crippen LogP contribution in [0.25, 0.3) is 0 Å². The molecule has 4 N–H and O–H groups in total. The molecule has 0 aromatic carbocycles. The molecule has 0 saturated carbocycles. The van der Waals surface area contributed by atoms with Crippen LogP contribution < -0.4 is 11.1 Å². The summed E-state index contributed by atoms with van der Waals surface area (Å²) in [6.07, 6.45) is 2.98. The number of nitrogens with zero attached hydrogens (tertiary/aromatic N) is 2. The largest absolute Gasteiger partial charge is 0.389 e. The number of hydrogen-bond donors (Lipinski definition) is 3. The van der Waals surface area contributed by atoms with Gasteiger partial charge in [-0.1, -0.05) is 12.2 Å². The molecule has 2 aromatic heterocycles. The lowest BCUT2D eigenvalue weighted by molar-refractivity contribution is 0.102. The van der Waals surface area contributed by atoms with Crippen molar-refractivity contribution >= 4 is 44.9 Å². The van der Waals surface area contributed by atoms with Crippen LogP contribution in [0, 0.1) is 0 Å². The zero-order chi connectivity index (χ0) is 13.1. The van der Waals surface area contributed by atoms with Crippen LogP contribution in [0.5, 0.6) is 0 Å². The molecule has 0 radical (unpaired) electrons. The number of pyridine rings is 1. The van der Waals surface area contributed by atoms with Crippen molar-refractivity contribution in [3.63, 3.8) is 0 Å². The number of hydrogen-bond acceptors (Lipinski definition) is 4. The van der Waals surface area contributed by atoms with E-state index in [2.05, 4.69) is 36.4 Å². The molecule has 2 heterocycles. The number of amides is 1. The maximum Gasteiger partial charge on any atom is 0.276 e. The average molecular weight is 326 g/mol. The number of H-pyrrole nitrogens is 1. The highest BCUT2D eigenvalue weighted by Gasteiger charge is 2.15. The Labute approximate surface area is 116 Å². The Kier molecular flexibility index (Phi) is 3.68. The van der Waals surface area contributed by atoms with Gasteiger partial charge < -0.3 is 11.1 Å². The van der Waals surface area contributed by atoms with Gasteiger partial charge in [-0.15, -0.1) is 0 Å². The predicted molar refractivity (Wildman–Crippen MR) is 74.4 cm³/mol. The minimum Gasteiger partial charge on any atom is -0.389 e. The van der Waals surface area contributed by atoms with Crippen LogP contribution in [0.4, 0.5) is 5.82 Å². The van der Waals surface area contributed by atoms with E-state index in [9.17, 15) is 4.79 Å². The number of thiocarbonyl (C=S) groups is 1. The SMILES string of the molecule is NC(=S)c1cn[nH]c1NC(=O)c1ncccc1Br. The summed E-state index contributed by atoms with van der Waals surface area (Å²) in [5.74, 6) is -0.0331. The molecule has 92 valence electrons. The Morgan fingerprint density at radius 1 is 1.56 bits per heavy atom. The van der Waals surface area contributed by atoms with Crippen LogP contribution in [0.1, 0.15) is 16.1 Å². The molecule has 6 nitrogen and oxygen atoms in total. The fraction of sp³-hybridized carbons (Fsp3) is 0. The molecule has 0 spiro atoms.